The first-order valence-electron chi connectivity index (χ1n) is 8.93. The Balaban J connectivity index is 3.01. The van der Waals surface area contributed by atoms with Crippen LogP contribution in [-0.4, -0.2) is 6.54 Å². The van der Waals surface area contributed by atoms with Gasteiger partial charge in [-0.15, -0.1) is 0 Å². The van der Waals surface area contributed by atoms with Crippen LogP contribution in [0.4, 0.5) is 0 Å². The molecule has 0 amide bonds. The smallest absolute Gasteiger partial charge is 0.00561 e. The van der Waals surface area contributed by atoms with Gasteiger partial charge in [-0.1, -0.05) is 89.7 Å². The topological polar surface area (TPSA) is 12.0 Å². The summed E-state index contributed by atoms with van der Waals surface area (Å²) in [6.45, 7) is 3.33. The lowest BCUT2D eigenvalue weighted by atomic mass is 10.1. The van der Waals surface area contributed by atoms with Gasteiger partial charge in [0, 0.05) is 6.54 Å². The maximum Gasteiger partial charge on any atom is 0.00561 e. The minimum absolute atomic E-state index is 1.05. The van der Waals surface area contributed by atoms with Crippen molar-refractivity contribution in [1.82, 2.24) is 4.72 Å². The number of allylic oxidation sites excluding steroid dienone is 2. The number of nitrogens with one attached hydrogen (secondary N) is 1. The number of rotatable bonds is 16. The molecule has 0 aliphatic heterocycles. The van der Waals surface area contributed by atoms with Gasteiger partial charge >= 0.3 is 0 Å². The maximum atomic E-state index is 3.99. The van der Waals surface area contributed by atoms with E-state index in [2.05, 4.69) is 36.6 Å². The standard InChI is InChI=1S/C18H37NS/c1-2-3-4-5-6-7-8-9-10-11-12-13-14-15-16-17-18-19-20/h9-10,19-20H,2-8,11-18H2,1H3. The first-order valence-corrected chi connectivity index (χ1v) is 9.38. The zero-order chi connectivity index (χ0) is 14.7. The van der Waals surface area contributed by atoms with Crippen LogP contribution in [0.15, 0.2) is 12.2 Å². The molecule has 0 unspecified atom stereocenters. The van der Waals surface area contributed by atoms with Crippen LogP contribution in [0.5, 0.6) is 0 Å². The second-order valence-corrected chi connectivity index (χ2v) is 6.16. The van der Waals surface area contributed by atoms with E-state index in [0.717, 1.165) is 6.54 Å². The lowest BCUT2D eigenvalue weighted by Crippen LogP contribution is -1.99. The molecule has 1 N–H and O–H groups in total. The highest BCUT2D eigenvalue weighted by molar-refractivity contribution is 7.78. The number of hydrogen-bond donors (Lipinski definition) is 2. The summed E-state index contributed by atoms with van der Waals surface area (Å²) >= 11 is 3.99. The highest BCUT2D eigenvalue weighted by atomic mass is 32.1. The third kappa shape index (κ3) is 18.0. The Morgan fingerprint density at radius 2 is 1.10 bits per heavy atom. The number of hydrogen-bond acceptors (Lipinski definition) is 2. The van der Waals surface area contributed by atoms with Gasteiger partial charge in [-0.25, -0.2) is 0 Å². The molecule has 0 spiro atoms. The average molecular weight is 300 g/mol. The minimum Gasteiger partial charge on any atom is -0.267 e. The molecule has 1 nitrogen and oxygen atoms in total. The maximum absolute atomic E-state index is 3.99. The Morgan fingerprint density at radius 1 is 0.650 bits per heavy atom. The molecular weight excluding hydrogens is 262 g/mol. The zero-order valence-electron chi connectivity index (χ0n) is 13.7. The summed E-state index contributed by atoms with van der Waals surface area (Å²) in [5.41, 5.74) is 0. The van der Waals surface area contributed by atoms with Crippen LogP contribution in [0.25, 0.3) is 0 Å². The van der Waals surface area contributed by atoms with Crippen LogP contribution in [-0.2, 0) is 0 Å². The molecule has 0 aromatic heterocycles. The first-order chi connectivity index (χ1) is 9.91. The van der Waals surface area contributed by atoms with Gasteiger partial charge in [0.1, 0.15) is 0 Å². The molecule has 0 aromatic carbocycles. The molecule has 0 heterocycles. The molecule has 0 saturated heterocycles. The molecule has 0 aliphatic carbocycles. The zero-order valence-corrected chi connectivity index (χ0v) is 14.6. The van der Waals surface area contributed by atoms with E-state index < -0.39 is 0 Å². The summed E-state index contributed by atoms with van der Waals surface area (Å²) in [6, 6.07) is 0. The molecule has 120 valence electrons. The predicted octanol–water partition coefficient (Wildman–Crippen LogP) is 6.46. The Morgan fingerprint density at radius 3 is 1.60 bits per heavy atom. The van der Waals surface area contributed by atoms with Crippen LogP contribution in [0.2, 0.25) is 0 Å². The summed E-state index contributed by atoms with van der Waals surface area (Å²) < 4.78 is 2.90. The molecule has 0 radical (unpaired) electrons. The first kappa shape index (κ1) is 20.1. The molecule has 0 aliphatic rings. The van der Waals surface area contributed by atoms with Crippen molar-refractivity contribution in [1.29, 1.82) is 0 Å². The van der Waals surface area contributed by atoms with E-state index in [-0.39, 0.29) is 0 Å². The summed E-state index contributed by atoms with van der Waals surface area (Å²) in [5, 5.41) is 0. The lowest BCUT2D eigenvalue weighted by molar-refractivity contribution is 0.595. The van der Waals surface area contributed by atoms with Crippen molar-refractivity contribution in [2.75, 3.05) is 6.54 Å². The monoisotopic (exact) mass is 299 g/mol. The second kappa shape index (κ2) is 19.1. The summed E-state index contributed by atoms with van der Waals surface area (Å²) in [5.74, 6) is 0. The van der Waals surface area contributed by atoms with Gasteiger partial charge in [0.15, 0.2) is 0 Å². The van der Waals surface area contributed by atoms with E-state index in [1.54, 1.807) is 0 Å². The predicted molar refractivity (Wildman–Crippen MR) is 96.4 cm³/mol. The average Bonchev–Trinajstić information content (AvgIpc) is 2.47. The van der Waals surface area contributed by atoms with Crippen LogP contribution in [0.3, 0.4) is 0 Å². The second-order valence-electron chi connectivity index (χ2n) is 5.85. The molecule has 0 saturated carbocycles. The van der Waals surface area contributed by atoms with E-state index in [1.165, 1.54) is 89.9 Å². The Kier molecular flexibility index (Phi) is 19.1. The number of thiol groups is 1. The molecule has 0 atom stereocenters. The lowest BCUT2D eigenvalue weighted by Gasteiger charge is -2.00. The van der Waals surface area contributed by atoms with Crippen LogP contribution < -0.4 is 4.72 Å². The van der Waals surface area contributed by atoms with Crippen LogP contribution >= 0.6 is 12.8 Å². The van der Waals surface area contributed by atoms with Crippen molar-refractivity contribution in [3.63, 3.8) is 0 Å². The van der Waals surface area contributed by atoms with Crippen LogP contribution in [0, 0.1) is 0 Å². The van der Waals surface area contributed by atoms with Crippen molar-refractivity contribution in [2.45, 2.75) is 96.8 Å². The quantitative estimate of drug-likeness (QED) is 0.189. The van der Waals surface area contributed by atoms with E-state index >= 15 is 0 Å². The Hall–Kier alpha value is 0.0500. The highest BCUT2D eigenvalue weighted by Gasteiger charge is 1.91. The fourth-order valence-electron chi connectivity index (χ4n) is 2.45. The van der Waals surface area contributed by atoms with Crippen molar-refractivity contribution in [2.24, 2.45) is 0 Å². The Bertz CT molecular complexity index is 192. The summed E-state index contributed by atoms with van der Waals surface area (Å²) in [7, 11) is 0. The molecule has 0 rings (SSSR count). The van der Waals surface area contributed by atoms with E-state index in [4.69, 9.17) is 0 Å². The van der Waals surface area contributed by atoms with Gasteiger partial charge in [0.2, 0.25) is 0 Å². The van der Waals surface area contributed by atoms with E-state index in [9.17, 15) is 0 Å². The molecule has 0 bridgehead atoms. The van der Waals surface area contributed by atoms with Gasteiger partial charge in [-0.2, -0.15) is 0 Å². The fourth-order valence-corrected chi connectivity index (χ4v) is 2.61. The molecule has 0 aromatic rings. The van der Waals surface area contributed by atoms with E-state index in [0.29, 0.717) is 0 Å². The van der Waals surface area contributed by atoms with Gasteiger partial charge in [0.05, 0.1) is 0 Å². The van der Waals surface area contributed by atoms with Crippen molar-refractivity contribution in [3.05, 3.63) is 12.2 Å². The fraction of sp³-hybridized carbons (Fsp3) is 0.889. The van der Waals surface area contributed by atoms with E-state index in [1.807, 2.05) is 0 Å². The van der Waals surface area contributed by atoms with Gasteiger partial charge < -0.3 is 0 Å². The normalized spacial score (nSPS) is 11.5. The molecule has 2 heteroatoms. The SMILES string of the molecule is CCCCCCCCC=CCCCCCCCCNS. The minimum atomic E-state index is 1.05. The third-order valence-electron chi connectivity index (χ3n) is 3.80. The number of unbranched alkanes of at least 4 members (excludes halogenated alkanes) is 12. The Labute approximate surface area is 133 Å². The van der Waals surface area contributed by atoms with Crippen LogP contribution in [0.1, 0.15) is 96.8 Å². The summed E-state index contributed by atoms with van der Waals surface area (Å²) in [4.78, 5) is 0. The summed E-state index contributed by atoms with van der Waals surface area (Å²) in [6.07, 6.45) is 24.0. The van der Waals surface area contributed by atoms with Gasteiger partial charge in [0.25, 0.3) is 0 Å². The molecule has 0 fully saturated rings. The van der Waals surface area contributed by atoms with Crippen molar-refractivity contribution < 1.29 is 0 Å². The van der Waals surface area contributed by atoms with Crippen molar-refractivity contribution >= 4 is 12.8 Å². The third-order valence-corrected chi connectivity index (χ3v) is 4.02. The molecular formula is C18H37NS. The van der Waals surface area contributed by atoms with Gasteiger partial charge in [-0.3, -0.25) is 4.72 Å². The highest BCUT2D eigenvalue weighted by Crippen LogP contribution is 2.09. The van der Waals surface area contributed by atoms with Gasteiger partial charge in [-0.05, 0) is 32.1 Å². The van der Waals surface area contributed by atoms with Crippen molar-refractivity contribution in [3.8, 4) is 0 Å². The molecule has 20 heavy (non-hydrogen) atoms. The largest absolute Gasteiger partial charge is 0.267 e.